The molecule has 0 fully saturated rings. The van der Waals surface area contributed by atoms with Gasteiger partial charge in [-0.3, -0.25) is 4.99 Å². The fraction of sp³-hybridized carbons (Fsp3) is 0.429. The SMILES string of the molecule is CN(CCCN=c1c2ccccc2n(C)c2c1[nH]c1ccccc12)CCCNC(=O)OC(C)(C)C. The molecule has 186 valence electrons. The minimum Gasteiger partial charge on any atom is -0.444 e. The Kier molecular flexibility index (Phi) is 7.45. The molecule has 0 saturated carbocycles. The van der Waals surface area contributed by atoms with E-state index in [0.29, 0.717) is 6.54 Å². The summed E-state index contributed by atoms with van der Waals surface area (Å²) in [5.41, 5.74) is 4.12. The largest absolute Gasteiger partial charge is 0.444 e. The molecule has 2 aromatic carbocycles. The number of ether oxygens (including phenoxy) is 1. The molecule has 2 heterocycles. The van der Waals surface area contributed by atoms with Gasteiger partial charge in [0.05, 0.1) is 21.9 Å². The fourth-order valence-electron chi connectivity index (χ4n) is 4.53. The number of nitrogens with zero attached hydrogens (tertiary/aromatic N) is 3. The Morgan fingerprint density at radius 1 is 1.06 bits per heavy atom. The van der Waals surface area contributed by atoms with Crippen LogP contribution in [0.4, 0.5) is 4.79 Å². The van der Waals surface area contributed by atoms with E-state index >= 15 is 0 Å². The molecular weight excluding hydrogens is 438 g/mol. The third kappa shape index (κ3) is 5.85. The molecule has 2 N–H and O–H groups in total. The molecule has 0 unspecified atom stereocenters. The number of carbonyl (C=O) groups is 1. The Bertz CT molecular complexity index is 1390. The van der Waals surface area contributed by atoms with Crippen LogP contribution in [0.5, 0.6) is 0 Å². The first-order valence-corrected chi connectivity index (χ1v) is 12.4. The molecule has 4 rings (SSSR count). The van der Waals surface area contributed by atoms with Crippen molar-refractivity contribution in [2.45, 2.75) is 39.2 Å². The molecule has 35 heavy (non-hydrogen) atoms. The second kappa shape index (κ2) is 10.5. The van der Waals surface area contributed by atoms with Crippen LogP contribution in [0.2, 0.25) is 0 Å². The zero-order valence-corrected chi connectivity index (χ0v) is 21.5. The van der Waals surface area contributed by atoms with Crippen LogP contribution in [0, 0.1) is 0 Å². The Morgan fingerprint density at radius 3 is 2.51 bits per heavy atom. The highest BCUT2D eigenvalue weighted by Gasteiger charge is 2.15. The first-order valence-electron chi connectivity index (χ1n) is 12.4. The number of amides is 1. The van der Waals surface area contributed by atoms with E-state index in [4.69, 9.17) is 9.73 Å². The maximum Gasteiger partial charge on any atom is 0.407 e. The number of pyridine rings is 1. The maximum atomic E-state index is 11.8. The van der Waals surface area contributed by atoms with Gasteiger partial charge in [-0.25, -0.2) is 4.79 Å². The lowest BCUT2D eigenvalue weighted by molar-refractivity contribution is 0.0526. The van der Waals surface area contributed by atoms with Crippen LogP contribution in [0.15, 0.2) is 53.5 Å². The van der Waals surface area contributed by atoms with Gasteiger partial charge in [0.1, 0.15) is 5.60 Å². The summed E-state index contributed by atoms with van der Waals surface area (Å²) in [6, 6.07) is 16.9. The predicted octanol–water partition coefficient (Wildman–Crippen LogP) is 4.95. The molecule has 0 aliphatic carbocycles. The number of para-hydroxylation sites is 2. The van der Waals surface area contributed by atoms with Crippen molar-refractivity contribution in [1.29, 1.82) is 0 Å². The van der Waals surface area contributed by atoms with Crippen molar-refractivity contribution in [3.05, 3.63) is 53.9 Å². The summed E-state index contributed by atoms with van der Waals surface area (Å²) in [7, 11) is 4.24. The standard InChI is InChI=1S/C28H37N5O2/c1-28(2,3)35-27(34)30-17-11-19-32(4)18-10-16-29-24-21-13-7-9-15-23(21)33(5)26-20-12-6-8-14-22(20)31-25(24)26/h6-9,12-15,31H,10-11,16-19H2,1-5H3,(H,30,34). The van der Waals surface area contributed by atoms with Gasteiger partial charge >= 0.3 is 6.09 Å². The smallest absolute Gasteiger partial charge is 0.407 e. The van der Waals surface area contributed by atoms with Gasteiger partial charge in [-0.1, -0.05) is 36.4 Å². The lowest BCUT2D eigenvalue weighted by atomic mass is 10.1. The second-order valence-electron chi connectivity index (χ2n) is 10.1. The summed E-state index contributed by atoms with van der Waals surface area (Å²) < 4.78 is 7.54. The molecule has 0 radical (unpaired) electrons. The first kappa shape index (κ1) is 24.8. The van der Waals surface area contributed by atoms with Gasteiger partial charge in [-0.05, 0) is 65.9 Å². The zero-order chi connectivity index (χ0) is 25.0. The number of rotatable bonds is 8. The van der Waals surface area contributed by atoms with Crippen LogP contribution in [-0.2, 0) is 11.8 Å². The van der Waals surface area contributed by atoms with Gasteiger partial charge in [0.15, 0.2) is 0 Å². The van der Waals surface area contributed by atoms with E-state index in [9.17, 15) is 4.79 Å². The summed E-state index contributed by atoms with van der Waals surface area (Å²) in [4.78, 5) is 22.7. The molecule has 1 amide bonds. The van der Waals surface area contributed by atoms with Gasteiger partial charge in [0.25, 0.3) is 0 Å². The molecule has 2 aromatic heterocycles. The number of carbonyl (C=O) groups excluding carboxylic acids is 1. The van der Waals surface area contributed by atoms with Crippen molar-refractivity contribution in [1.82, 2.24) is 19.8 Å². The molecule has 7 heteroatoms. The Morgan fingerprint density at radius 2 is 1.74 bits per heavy atom. The number of hydrogen-bond acceptors (Lipinski definition) is 4. The van der Waals surface area contributed by atoms with Crippen molar-refractivity contribution < 1.29 is 9.53 Å². The number of benzene rings is 2. The summed E-state index contributed by atoms with van der Waals surface area (Å²) in [6.45, 7) is 8.82. The molecule has 0 saturated heterocycles. The Labute approximate surface area is 206 Å². The van der Waals surface area contributed by atoms with E-state index in [1.54, 1.807) is 0 Å². The van der Waals surface area contributed by atoms with Crippen molar-refractivity contribution in [2.75, 3.05) is 33.2 Å². The van der Waals surface area contributed by atoms with E-state index in [1.165, 1.54) is 16.4 Å². The van der Waals surface area contributed by atoms with E-state index in [2.05, 4.69) is 82.4 Å². The van der Waals surface area contributed by atoms with E-state index in [1.807, 2.05) is 20.8 Å². The lowest BCUT2D eigenvalue weighted by Gasteiger charge is -2.20. The predicted molar refractivity (Wildman–Crippen MR) is 144 cm³/mol. The molecule has 0 spiro atoms. The third-order valence-corrected chi connectivity index (χ3v) is 6.12. The Balaban J connectivity index is 1.41. The highest BCUT2D eigenvalue weighted by molar-refractivity contribution is 6.08. The first-order chi connectivity index (χ1) is 16.7. The number of alkyl carbamates (subject to hydrolysis) is 1. The highest BCUT2D eigenvalue weighted by Crippen LogP contribution is 2.26. The van der Waals surface area contributed by atoms with Crippen LogP contribution in [0.1, 0.15) is 33.6 Å². The minimum atomic E-state index is -0.468. The summed E-state index contributed by atoms with van der Waals surface area (Å²) in [5, 5.41) is 6.23. The molecule has 4 aromatic rings. The zero-order valence-electron chi connectivity index (χ0n) is 21.5. The number of H-pyrrole nitrogens is 1. The molecule has 0 aliphatic heterocycles. The Hall–Kier alpha value is -3.32. The summed E-state index contributed by atoms with van der Waals surface area (Å²) >= 11 is 0. The average Bonchev–Trinajstić information content (AvgIpc) is 3.20. The van der Waals surface area contributed by atoms with E-state index in [0.717, 1.165) is 54.3 Å². The van der Waals surface area contributed by atoms with Gasteiger partial charge in [0.2, 0.25) is 0 Å². The van der Waals surface area contributed by atoms with Gasteiger partial charge < -0.3 is 24.5 Å². The number of aromatic nitrogens is 2. The quantitative estimate of drug-likeness (QED) is 0.354. The summed E-state index contributed by atoms with van der Waals surface area (Å²) in [5.74, 6) is 0. The van der Waals surface area contributed by atoms with Crippen LogP contribution in [0.3, 0.4) is 0 Å². The highest BCUT2D eigenvalue weighted by atomic mass is 16.6. The van der Waals surface area contributed by atoms with Crippen molar-refractivity contribution >= 4 is 38.9 Å². The second-order valence-corrected chi connectivity index (χ2v) is 10.1. The number of fused-ring (bicyclic) bond motifs is 4. The normalized spacial score (nSPS) is 12.8. The van der Waals surface area contributed by atoms with Crippen LogP contribution in [0.25, 0.3) is 32.8 Å². The van der Waals surface area contributed by atoms with Gasteiger partial charge in [-0.2, -0.15) is 0 Å². The monoisotopic (exact) mass is 475 g/mol. The number of aromatic amines is 1. The number of nitrogens with one attached hydrogen (secondary N) is 2. The van der Waals surface area contributed by atoms with Crippen molar-refractivity contribution in [3.8, 4) is 0 Å². The van der Waals surface area contributed by atoms with E-state index in [-0.39, 0.29) is 6.09 Å². The minimum absolute atomic E-state index is 0.356. The number of aryl methyl sites for hydroxylation is 1. The molecule has 0 aliphatic rings. The van der Waals surface area contributed by atoms with Crippen LogP contribution in [-0.4, -0.2) is 59.4 Å². The molecule has 0 bridgehead atoms. The van der Waals surface area contributed by atoms with Crippen molar-refractivity contribution in [2.24, 2.45) is 12.0 Å². The molecular formula is C28H37N5O2. The van der Waals surface area contributed by atoms with Crippen molar-refractivity contribution in [3.63, 3.8) is 0 Å². The van der Waals surface area contributed by atoms with E-state index < -0.39 is 5.60 Å². The summed E-state index contributed by atoms with van der Waals surface area (Å²) in [6.07, 6.45) is 1.49. The molecule has 7 nitrogen and oxygen atoms in total. The maximum absolute atomic E-state index is 11.8. The third-order valence-electron chi connectivity index (χ3n) is 6.12. The van der Waals surface area contributed by atoms with Crippen LogP contribution < -0.4 is 10.7 Å². The fourth-order valence-corrected chi connectivity index (χ4v) is 4.53. The lowest BCUT2D eigenvalue weighted by Crippen LogP contribution is -2.34. The molecule has 0 atom stereocenters. The topological polar surface area (TPSA) is 74.7 Å². The van der Waals surface area contributed by atoms with Gasteiger partial charge in [0, 0.05) is 36.4 Å². The average molecular weight is 476 g/mol. The van der Waals surface area contributed by atoms with Gasteiger partial charge in [-0.15, -0.1) is 0 Å². The number of hydrogen-bond donors (Lipinski definition) is 2. The van der Waals surface area contributed by atoms with Crippen LogP contribution >= 0.6 is 0 Å².